The highest BCUT2D eigenvalue weighted by atomic mass is 79.9. The van der Waals surface area contributed by atoms with E-state index in [1.54, 1.807) is 18.2 Å². The topological polar surface area (TPSA) is 70.9 Å². The molecule has 6 heteroatoms. The predicted molar refractivity (Wildman–Crippen MR) is 92.9 cm³/mol. The summed E-state index contributed by atoms with van der Waals surface area (Å²) in [4.78, 5) is 11.8. The summed E-state index contributed by atoms with van der Waals surface area (Å²) < 4.78 is 6.25. The van der Waals surface area contributed by atoms with Crippen LogP contribution in [0, 0.1) is 0 Å². The molecule has 2 rings (SSSR count). The smallest absolute Gasteiger partial charge is 0.244 e. The van der Waals surface area contributed by atoms with Crippen molar-refractivity contribution in [1.82, 2.24) is 5.43 Å². The fraction of sp³-hybridized carbons (Fsp3) is 0.176. The van der Waals surface area contributed by atoms with Crippen LogP contribution in [0.4, 0.5) is 0 Å². The number of hydrazone groups is 1. The average molecular weight is 377 g/mol. The molecular formula is C17H17BrN2O3. The van der Waals surface area contributed by atoms with Gasteiger partial charge in [0.1, 0.15) is 0 Å². The van der Waals surface area contributed by atoms with Crippen LogP contribution in [-0.2, 0) is 11.2 Å². The van der Waals surface area contributed by atoms with Crippen LogP contribution in [0.1, 0.15) is 18.1 Å². The predicted octanol–water partition coefficient (Wildman–Crippen LogP) is 3.25. The fourth-order valence-electron chi connectivity index (χ4n) is 1.92. The molecule has 0 atom stereocenters. The first-order valence-corrected chi connectivity index (χ1v) is 7.90. The molecule has 5 nitrogen and oxygen atoms in total. The minimum Gasteiger partial charge on any atom is -0.504 e. The molecule has 0 radical (unpaired) electrons. The number of halogens is 1. The number of phenols is 1. The van der Waals surface area contributed by atoms with Gasteiger partial charge >= 0.3 is 0 Å². The number of aromatic hydroxyl groups is 1. The lowest BCUT2D eigenvalue weighted by Crippen LogP contribution is -2.19. The van der Waals surface area contributed by atoms with Gasteiger partial charge in [-0.1, -0.05) is 34.1 Å². The van der Waals surface area contributed by atoms with Crippen molar-refractivity contribution < 1.29 is 14.6 Å². The van der Waals surface area contributed by atoms with Crippen molar-refractivity contribution in [2.24, 2.45) is 5.10 Å². The van der Waals surface area contributed by atoms with E-state index in [1.807, 2.05) is 31.2 Å². The van der Waals surface area contributed by atoms with Crippen LogP contribution in [0.15, 0.2) is 52.0 Å². The van der Waals surface area contributed by atoms with Gasteiger partial charge in [-0.3, -0.25) is 4.79 Å². The number of hydrogen-bond acceptors (Lipinski definition) is 4. The Balaban J connectivity index is 1.94. The number of rotatable bonds is 6. The molecule has 0 unspecified atom stereocenters. The summed E-state index contributed by atoms with van der Waals surface area (Å²) in [5, 5.41) is 13.9. The number of carbonyl (C=O) groups is 1. The third kappa shape index (κ3) is 5.10. The number of ether oxygens (including phenoxy) is 1. The molecule has 120 valence electrons. The highest BCUT2D eigenvalue weighted by Gasteiger charge is 2.06. The summed E-state index contributed by atoms with van der Waals surface area (Å²) >= 11 is 3.35. The Labute approximate surface area is 143 Å². The second kappa shape index (κ2) is 8.33. The molecule has 0 bridgehead atoms. The zero-order valence-corrected chi connectivity index (χ0v) is 14.2. The van der Waals surface area contributed by atoms with Crippen molar-refractivity contribution in [1.29, 1.82) is 0 Å². The summed E-state index contributed by atoms with van der Waals surface area (Å²) in [5.74, 6) is 0.155. The van der Waals surface area contributed by atoms with Gasteiger partial charge in [-0.15, -0.1) is 0 Å². The van der Waals surface area contributed by atoms with Gasteiger partial charge in [-0.2, -0.15) is 5.10 Å². The lowest BCUT2D eigenvalue weighted by molar-refractivity contribution is -0.120. The minimum atomic E-state index is -0.232. The maximum atomic E-state index is 11.8. The Morgan fingerprint density at radius 3 is 2.74 bits per heavy atom. The molecule has 0 aliphatic rings. The number of benzene rings is 2. The number of amides is 1. The zero-order chi connectivity index (χ0) is 16.7. The first-order valence-electron chi connectivity index (χ1n) is 7.11. The van der Waals surface area contributed by atoms with Gasteiger partial charge in [0.2, 0.25) is 5.91 Å². The number of carbonyl (C=O) groups excluding carboxylic acids is 1. The lowest BCUT2D eigenvalue weighted by Gasteiger charge is -2.07. The van der Waals surface area contributed by atoms with E-state index in [-0.39, 0.29) is 18.1 Å². The standard InChI is InChI=1S/C17H17BrN2O3/c1-2-23-15-5-3-4-13(17(15)22)11-19-20-16(21)10-12-6-8-14(18)9-7-12/h3-9,11,22H,2,10H2,1H3,(H,20,21)/b19-11-. The van der Waals surface area contributed by atoms with Crippen molar-refractivity contribution in [3.8, 4) is 11.5 Å². The van der Waals surface area contributed by atoms with E-state index in [9.17, 15) is 9.90 Å². The Hall–Kier alpha value is -2.34. The Kier molecular flexibility index (Phi) is 6.17. The molecule has 0 aliphatic carbocycles. The van der Waals surface area contributed by atoms with Crippen LogP contribution in [0.3, 0.4) is 0 Å². The molecule has 0 saturated heterocycles. The molecule has 0 fully saturated rings. The number of hydrogen-bond donors (Lipinski definition) is 2. The largest absolute Gasteiger partial charge is 0.504 e. The van der Waals surface area contributed by atoms with E-state index in [4.69, 9.17) is 4.74 Å². The maximum Gasteiger partial charge on any atom is 0.244 e. The van der Waals surface area contributed by atoms with E-state index < -0.39 is 0 Å². The van der Waals surface area contributed by atoms with Crippen LogP contribution >= 0.6 is 15.9 Å². The van der Waals surface area contributed by atoms with Gasteiger partial charge in [0.05, 0.1) is 19.2 Å². The van der Waals surface area contributed by atoms with Gasteiger partial charge in [-0.05, 0) is 36.8 Å². The molecule has 0 heterocycles. The van der Waals surface area contributed by atoms with Crippen molar-refractivity contribution >= 4 is 28.1 Å². The number of nitrogens with one attached hydrogen (secondary N) is 1. The first-order chi connectivity index (χ1) is 11.1. The van der Waals surface area contributed by atoms with Gasteiger partial charge in [0.25, 0.3) is 0 Å². The van der Waals surface area contributed by atoms with E-state index in [2.05, 4.69) is 26.5 Å². The molecule has 0 aromatic heterocycles. The van der Waals surface area contributed by atoms with Crippen LogP contribution in [0.5, 0.6) is 11.5 Å². The van der Waals surface area contributed by atoms with Gasteiger partial charge in [-0.25, -0.2) is 5.43 Å². The van der Waals surface area contributed by atoms with Gasteiger partial charge in [0, 0.05) is 10.0 Å². The van der Waals surface area contributed by atoms with E-state index >= 15 is 0 Å². The molecule has 2 aromatic rings. The second-order valence-electron chi connectivity index (χ2n) is 4.72. The lowest BCUT2D eigenvalue weighted by atomic mass is 10.1. The number of phenolic OH excluding ortho intramolecular Hbond substituents is 1. The molecular weight excluding hydrogens is 360 g/mol. The summed E-state index contributed by atoms with van der Waals surface area (Å²) in [6, 6.07) is 12.6. The summed E-state index contributed by atoms with van der Waals surface area (Å²) in [6.45, 7) is 2.29. The Morgan fingerprint density at radius 2 is 2.04 bits per heavy atom. The van der Waals surface area contributed by atoms with Crippen molar-refractivity contribution in [2.75, 3.05) is 6.61 Å². The van der Waals surface area contributed by atoms with Crippen molar-refractivity contribution in [3.05, 3.63) is 58.1 Å². The quantitative estimate of drug-likeness (QED) is 0.600. The normalized spacial score (nSPS) is 10.7. The van der Waals surface area contributed by atoms with E-state index in [0.717, 1.165) is 10.0 Å². The molecule has 0 spiro atoms. The first kappa shape index (κ1) is 17.0. The summed E-state index contributed by atoms with van der Waals surface area (Å²) in [6.07, 6.45) is 1.62. The van der Waals surface area contributed by atoms with Gasteiger partial charge in [0.15, 0.2) is 11.5 Å². The van der Waals surface area contributed by atoms with Crippen LogP contribution < -0.4 is 10.2 Å². The molecule has 0 aliphatic heterocycles. The molecule has 2 N–H and O–H groups in total. The fourth-order valence-corrected chi connectivity index (χ4v) is 2.18. The zero-order valence-electron chi connectivity index (χ0n) is 12.6. The maximum absolute atomic E-state index is 11.8. The van der Waals surface area contributed by atoms with Crippen LogP contribution in [0.2, 0.25) is 0 Å². The van der Waals surface area contributed by atoms with Gasteiger partial charge < -0.3 is 9.84 Å². The van der Waals surface area contributed by atoms with Crippen molar-refractivity contribution in [2.45, 2.75) is 13.3 Å². The van der Waals surface area contributed by atoms with Crippen LogP contribution in [0.25, 0.3) is 0 Å². The molecule has 1 amide bonds. The Bertz CT molecular complexity index is 699. The monoisotopic (exact) mass is 376 g/mol. The SMILES string of the molecule is CCOc1cccc(/C=N\NC(=O)Cc2ccc(Br)cc2)c1O. The van der Waals surface area contributed by atoms with Crippen molar-refractivity contribution in [3.63, 3.8) is 0 Å². The third-order valence-corrected chi connectivity index (χ3v) is 3.53. The number of nitrogens with zero attached hydrogens (tertiary/aromatic N) is 1. The summed E-state index contributed by atoms with van der Waals surface area (Å²) in [7, 11) is 0. The Morgan fingerprint density at radius 1 is 1.30 bits per heavy atom. The molecule has 2 aromatic carbocycles. The van der Waals surface area contributed by atoms with Crippen LogP contribution in [-0.4, -0.2) is 23.8 Å². The highest BCUT2D eigenvalue weighted by Crippen LogP contribution is 2.28. The summed E-state index contributed by atoms with van der Waals surface area (Å²) in [5.41, 5.74) is 3.80. The average Bonchev–Trinajstić information content (AvgIpc) is 2.53. The molecule has 23 heavy (non-hydrogen) atoms. The van der Waals surface area contributed by atoms with E-state index in [1.165, 1.54) is 6.21 Å². The highest BCUT2D eigenvalue weighted by molar-refractivity contribution is 9.10. The minimum absolute atomic E-state index is 0.000239. The third-order valence-electron chi connectivity index (χ3n) is 3.00. The second-order valence-corrected chi connectivity index (χ2v) is 5.64. The number of para-hydroxylation sites is 1. The molecule has 0 saturated carbocycles. The van der Waals surface area contributed by atoms with E-state index in [0.29, 0.717) is 17.9 Å².